The number of amides is 2. The normalized spacial score (nSPS) is 11.5. The number of benzene rings is 1. The fraction of sp³-hybridized carbons (Fsp3) is 0.471. The zero-order valence-corrected chi connectivity index (χ0v) is 14.8. The van der Waals surface area contributed by atoms with Crippen LogP contribution in [0.5, 0.6) is 0 Å². The van der Waals surface area contributed by atoms with Gasteiger partial charge in [0.2, 0.25) is 11.8 Å². The van der Waals surface area contributed by atoms with Crippen molar-refractivity contribution in [3.8, 4) is 0 Å². The van der Waals surface area contributed by atoms with E-state index >= 15 is 0 Å². The van der Waals surface area contributed by atoms with Crippen molar-refractivity contribution in [2.75, 3.05) is 5.32 Å². The summed E-state index contributed by atoms with van der Waals surface area (Å²) in [4.78, 5) is 23.6. The first-order valence-corrected chi connectivity index (χ1v) is 8.04. The van der Waals surface area contributed by atoms with E-state index in [0.29, 0.717) is 16.6 Å². The van der Waals surface area contributed by atoms with Crippen LogP contribution in [-0.2, 0) is 9.59 Å². The first-order chi connectivity index (χ1) is 10.8. The van der Waals surface area contributed by atoms with Gasteiger partial charge in [-0.3, -0.25) is 9.59 Å². The summed E-state index contributed by atoms with van der Waals surface area (Å²) >= 11 is 6.00. The minimum atomic E-state index is -0.272. The van der Waals surface area contributed by atoms with Crippen LogP contribution in [0.2, 0.25) is 5.02 Å². The minimum absolute atomic E-state index is 0.0872. The third kappa shape index (κ3) is 7.28. The molecule has 23 heavy (non-hydrogen) atoms. The van der Waals surface area contributed by atoms with Crippen LogP contribution in [0, 0.1) is 12.8 Å². The molecule has 1 aromatic carbocycles. The summed E-state index contributed by atoms with van der Waals surface area (Å²) in [5.74, 6) is -0.0122. The van der Waals surface area contributed by atoms with E-state index in [9.17, 15) is 9.59 Å². The quantitative estimate of drug-likeness (QED) is 0.585. The third-order valence-corrected chi connectivity index (χ3v) is 3.61. The number of carbonyl (C=O) groups is 2. The van der Waals surface area contributed by atoms with Gasteiger partial charge in [0.05, 0.1) is 0 Å². The van der Waals surface area contributed by atoms with Crippen LogP contribution in [0.3, 0.4) is 0 Å². The molecule has 6 heteroatoms. The van der Waals surface area contributed by atoms with E-state index in [-0.39, 0.29) is 24.7 Å². The van der Waals surface area contributed by atoms with Gasteiger partial charge < -0.3 is 5.32 Å². The maximum Gasteiger partial charge on any atom is 0.240 e. The molecule has 0 aliphatic rings. The largest absolute Gasteiger partial charge is 0.326 e. The number of hydrogen-bond acceptors (Lipinski definition) is 3. The summed E-state index contributed by atoms with van der Waals surface area (Å²) in [5.41, 5.74) is 4.81. The molecule has 0 bridgehead atoms. The predicted molar refractivity (Wildman–Crippen MR) is 94.8 cm³/mol. The van der Waals surface area contributed by atoms with Crippen LogP contribution < -0.4 is 10.7 Å². The molecule has 2 amide bonds. The topological polar surface area (TPSA) is 70.6 Å². The van der Waals surface area contributed by atoms with Crippen LogP contribution in [0.15, 0.2) is 23.3 Å². The highest BCUT2D eigenvalue weighted by molar-refractivity contribution is 6.31. The molecule has 0 saturated heterocycles. The Morgan fingerprint density at radius 2 is 1.87 bits per heavy atom. The van der Waals surface area contributed by atoms with Gasteiger partial charge in [-0.05, 0) is 43.9 Å². The summed E-state index contributed by atoms with van der Waals surface area (Å²) in [6.07, 6.45) is 1.01. The van der Waals surface area contributed by atoms with Crippen molar-refractivity contribution in [2.24, 2.45) is 11.0 Å². The second-order valence-corrected chi connectivity index (χ2v) is 6.35. The van der Waals surface area contributed by atoms with Crippen molar-refractivity contribution in [2.45, 2.75) is 47.0 Å². The molecule has 0 atom stereocenters. The van der Waals surface area contributed by atoms with Crippen LogP contribution in [0.4, 0.5) is 5.69 Å². The molecule has 0 aromatic heterocycles. The maximum atomic E-state index is 11.9. The average Bonchev–Trinajstić information content (AvgIpc) is 2.47. The molecule has 0 aliphatic heterocycles. The van der Waals surface area contributed by atoms with Crippen molar-refractivity contribution in [3.05, 3.63) is 28.8 Å². The fourth-order valence-corrected chi connectivity index (χ4v) is 2.21. The Morgan fingerprint density at radius 1 is 1.22 bits per heavy atom. The highest BCUT2D eigenvalue weighted by atomic mass is 35.5. The van der Waals surface area contributed by atoms with Crippen LogP contribution in [0.1, 0.15) is 45.6 Å². The van der Waals surface area contributed by atoms with Gasteiger partial charge in [0.1, 0.15) is 0 Å². The van der Waals surface area contributed by atoms with E-state index in [1.54, 1.807) is 18.2 Å². The van der Waals surface area contributed by atoms with E-state index in [0.717, 1.165) is 17.7 Å². The number of hydrogen-bond donors (Lipinski definition) is 2. The smallest absolute Gasteiger partial charge is 0.240 e. The lowest BCUT2D eigenvalue weighted by Gasteiger charge is -2.09. The predicted octanol–water partition coefficient (Wildman–Crippen LogP) is 3.91. The van der Waals surface area contributed by atoms with Gasteiger partial charge in [-0.25, -0.2) is 5.43 Å². The van der Waals surface area contributed by atoms with Crippen LogP contribution in [-0.4, -0.2) is 17.5 Å². The maximum absolute atomic E-state index is 11.9. The third-order valence-electron chi connectivity index (χ3n) is 3.20. The molecule has 0 spiro atoms. The molecule has 0 heterocycles. The number of halogens is 1. The molecule has 5 nitrogen and oxygen atoms in total. The first-order valence-electron chi connectivity index (χ1n) is 7.66. The van der Waals surface area contributed by atoms with E-state index in [1.807, 2.05) is 13.8 Å². The van der Waals surface area contributed by atoms with Crippen molar-refractivity contribution < 1.29 is 9.59 Å². The SMILES string of the molecule is C/C(CC(C)C)=N/NC(=O)CCC(=O)Nc1cccc(Cl)c1C. The molecular formula is C17H24ClN3O2. The van der Waals surface area contributed by atoms with Crippen LogP contribution in [0.25, 0.3) is 0 Å². The minimum Gasteiger partial charge on any atom is -0.326 e. The molecule has 0 unspecified atom stereocenters. The molecule has 0 saturated carbocycles. The molecule has 0 radical (unpaired) electrons. The molecule has 1 aromatic rings. The lowest BCUT2D eigenvalue weighted by molar-refractivity contribution is -0.124. The fourth-order valence-electron chi connectivity index (χ4n) is 2.03. The molecule has 0 fully saturated rings. The van der Waals surface area contributed by atoms with Gasteiger partial charge in [-0.15, -0.1) is 0 Å². The Kier molecular flexibility index (Phi) is 7.75. The number of nitrogens with zero attached hydrogens (tertiary/aromatic N) is 1. The number of carbonyl (C=O) groups excluding carboxylic acids is 2. The molecule has 2 N–H and O–H groups in total. The van der Waals surface area contributed by atoms with E-state index in [2.05, 4.69) is 29.7 Å². The molecular weight excluding hydrogens is 314 g/mol. The number of anilines is 1. The Morgan fingerprint density at radius 3 is 2.52 bits per heavy atom. The van der Waals surface area contributed by atoms with E-state index < -0.39 is 0 Å². The average molecular weight is 338 g/mol. The Hall–Kier alpha value is -1.88. The van der Waals surface area contributed by atoms with Crippen molar-refractivity contribution in [1.29, 1.82) is 0 Å². The highest BCUT2D eigenvalue weighted by Crippen LogP contribution is 2.23. The van der Waals surface area contributed by atoms with Crippen LogP contribution >= 0.6 is 11.6 Å². The first kappa shape index (κ1) is 19.2. The van der Waals surface area contributed by atoms with Gasteiger partial charge in [-0.1, -0.05) is 31.5 Å². The second-order valence-electron chi connectivity index (χ2n) is 5.94. The zero-order valence-electron chi connectivity index (χ0n) is 14.1. The number of rotatable bonds is 7. The van der Waals surface area contributed by atoms with Crippen molar-refractivity contribution in [1.82, 2.24) is 5.43 Å². The van der Waals surface area contributed by atoms with E-state index in [4.69, 9.17) is 11.6 Å². The lowest BCUT2D eigenvalue weighted by atomic mass is 10.1. The van der Waals surface area contributed by atoms with Crippen molar-refractivity contribution in [3.63, 3.8) is 0 Å². The standard InChI is InChI=1S/C17H24ClN3O2/c1-11(2)10-12(3)20-21-17(23)9-8-16(22)19-15-7-5-6-14(18)13(15)4/h5-7,11H,8-10H2,1-4H3,(H,19,22)(H,21,23)/b20-12-. The van der Waals surface area contributed by atoms with Gasteiger partial charge in [0.25, 0.3) is 0 Å². The summed E-state index contributed by atoms with van der Waals surface area (Å²) < 4.78 is 0. The van der Waals surface area contributed by atoms with E-state index in [1.165, 1.54) is 0 Å². The lowest BCUT2D eigenvalue weighted by Crippen LogP contribution is -2.22. The second kappa shape index (κ2) is 9.30. The number of nitrogens with one attached hydrogen (secondary N) is 2. The molecule has 126 valence electrons. The Balaban J connectivity index is 2.41. The molecule has 1 rings (SSSR count). The van der Waals surface area contributed by atoms with Crippen molar-refractivity contribution >= 4 is 34.8 Å². The number of hydrazone groups is 1. The summed E-state index contributed by atoms with van der Waals surface area (Å²) in [5, 5.41) is 7.37. The molecule has 0 aliphatic carbocycles. The van der Waals surface area contributed by atoms with Gasteiger partial charge in [0, 0.05) is 29.3 Å². The zero-order chi connectivity index (χ0) is 17.4. The summed E-state index contributed by atoms with van der Waals surface area (Å²) in [6, 6.07) is 5.31. The van der Waals surface area contributed by atoms with Gasteiger partial charge >= 0.3 is 0 Å². The Labute approximate surface area is 142 Å². The van der Waals surface area contributed by atoms with Gasteiger partial charge in [-0.2, -0.15) is 5.10 Å². The summed E-state index contributed by atoms with van der Waals surface area (Å²) in [6.45, 7) is 7.87. The Bertz CT molecular complexity index is 598. The monoisotopic (exact) mass is 337 g/mol. The highest BCUT2D eigenvalue weighted by Gasteiger charge is 2.09. The van der Waals surface area contributed by atoms with Gasteiger partial charge in [0.15, 0.2) is 0 Å². The summed E-state index contributed by atoms with van der Waals surface area (Å²) in [7, 11) is 0.